The van der Waals surface area contributed by atoms with Gasteiger partial charge in [0.05, 0.1) is 5.92 Å². The molecule has 15 heavy (non-hydrogen) atoms. The highest BCUT2D eigenvalue weighted by atomic mass is 79.9. The summed E-state index contributed by atoms with van der Waals surface area (Å²) in [5, 5.41) is 8.83. The lowest BCUT2D eigenvalue weighted by Crippen LogP contribution is -2.17. The summed E-state index contributed by atoms with van der Waals surface area (Å²) >= 11 is 3.16. The second-order valence-electron chi connectivity index (χ2n) is 3.58. The van der Waals surface area contributed by atoms with Crippen molar-refractivity contribution in [2.45, 2.75) is 19.8 Å². The Kier molecular flexibility index (Phi) is 3.85. The minimum atomic E-state index is -0.912. The van der Waals surface area contributed by atoms with E-state index in [0.717, 1.165) is 0 Å². The van der Waals surface area contributed by atoms with E-state index in [9.17, 15) is 9.18 Å². The van der Waals surface area contributed by atoms with Gasteiger partial charge < -0.3 is 5.11 Å². The number of hydrogen-bond donors (Lipinski definition) is 1. The molecule has 0 unspecified atom stereocenters. The largest absolute Gasteiger partial charge is 0.481 e. The van der Waals surface area contributed by atoms with Gasteiger partial charge in [-0.2, -0.15) is 0 Å². The van der Waals surface area contributed by atoms with Crippen LogP contribution in [0.2, 0.25) is 0 Å². The summed E-state index contributed by atoms with van der Waals surface area (Å²) in [7, 11) is 0. The van der Waals surface area contributed by atoms with Crippen LogP contribution in [0.3, 0.4) is 0 Å². The van der Waals surface area contributed by atoms with Gasteiger partial charge in [-0.05, 0) is 23.6 Å². The fourth-order valence-electron chi connectivity index (χ4n) is 1.35. The molecule has 0 amide bonds. The van der Waals surface area contributed by atoms with Crippen molar-refractivity contribution >= 4 is 21.9 Å². The fraction of sp³-hybridized carbons (Fsp3) is 0.364. The molecule has 0 fully saturated rings. The van der Waals surface area contributed by atoms with Crippen molar-refractivity contribution in [3.05, 3.63) is 34.1 Å². The van der Waals surface area contributed by atoms with E-state index < -0.39 is 11.9 Å². The lowest BCUT2D eigenvalue weighted by atomic mass is 9.89. The molecule has 1 rings (SSSR count). The van der Waals surface area contributed by atoms with E-state index in [1.54, 1.807) is 26.0 Å². The number of carboxylic acid groups (broad SMARTS) is 1. The topological polar surface area (TPSA) is 37.3 Å². The van der Waals surface area contributed by atoms with Crippen LogP contribution in [0.5, 0.6) is 0 Å². The van der Waals surface area contributed by atoms with E-state index in [2.05, 4.69) is 15.9 Å². The predicted octanol–water partition coefficient (Wildman–Crippen LogP) is 3.41. The van der Waals surface area contributed by atoms with Gasteiger partial charge in [0.15, 0.2) is 0 Å². The summed E-state index contributed by atoms with van der Waals surface area (Å²) in [6.45, 7) is 3.29. The molecule has 0 aromatic heterocycles. The van der Waals surface area contributed by atoms with Gasteiger partial charge in [-0.3, -0.25) is 4.79 Å². The molecule has 2 atom stereocenters. The average molecular weight is 275 g/mol. The van der Waals surface area contributed by atoms with Crippen LogP contribution in [-0.4, -0.2) is 11.1 Å². The smallest absolute Gasteiger partial charge is 0.306 e. The third kappa shape index (κ3) is 2.78. The summed E-state index contributed by atoms with van der Waals surface area (Å²) in [6.07, 6.45) is 0. The standard InChI is InChI=1S/C11H12BrFO2/c1-6(7(2)11(14)15)9-4-3-8(12)5-10(9)13/h3-7H,1-2H3,(H,14,15)/t6-,7-/m1/s1. The van der Waals surface area contributed by atoms with Crippen molar-refractivity contribution in [3.63, 3.8) is 0 Å². The van der Waals surface area contributed by atoms with Crippen LogP contribution in [0.15, 0.2) is 22.7 Å². The van der Waals surface area contributed by atoms with Crippen LogP contribution in [-0.2, 0) is 4.79 Å². The second-order valence-corrected chi connectivity index (χ2v) is 4.50. The lowest BCUT2D eigenvalue weighted by Gasteiger charge is -2.17. The Bertz CT molecular complexity index is 379. The van der Waals surface area contributed by atoms with Crippen LogP contribution in [0.25, 0.3) is 0 Å². The molecule has 2 nitrogen and oxygen atoms in total. The van der Waals surface area contributed by atoms with Crippen LogP contribution in [0.4, 0.5) is 4.39 Å². The molecule has 4 heteroatoms. The number of halogens is 2. The molecule has 0 spiro atoms. The van der Waals surface area contributed by atoms with Crippen LogP contribution >= 0.6 is 15.9 Å². The molecule has 0 aliphatic heterocycles. The Morgan fingerprint density at radius 3 is 2.53 bits per heavy atom. The Balaban J connectivity index is 3.01. The number of carbonyl (C=O) groups is 1. The zero-order chi connectivity index (χ0) is 11.6. The maximum absolute atomic E-state index is 13.5. The van der Waals surface area contributed by atoms with Crippen LogP contribution in [0.1, 0.15) is 25.3 Å². The quantitative estimate of drug-likeness (QED) is 0.917. The Labute approximate surface area is 96.2 Å². The molecule has 0 bridgehead atoms. The molecule has 1 aromatic carbocycles. The highest BCUT2D eigenvalue weighted by molar-refractivity contribution is 9.10. The third-order valence-corrected chi connectivity index (χ3v) is 3.09. The Morgan fingerprint density at radius 1 is 1.47 bits per heavy atom. The normalized spacial score (nSPS) is 14.7. The van der Waals surface area contributed by atoms with Gasteiger partial charge >= 0.3 is 5.97 Å². The molecule has 0 heterocycles. The Morgan fingerprint density at radius 2 is 2.07 bits per heavy atom. The first kappa shape index (κ1) is 12.2. The first-order chi connectivity index (χ1) is 6.93. The van der Waals surface area contributed by atoms with Crippen LogP contribution < -0.4 is 0 Å². The van der Waals surface area contributed by atoms with Crippen molar-refractivity contribution in [3.8, 4) is 0 Å². The van der Waals surface area contributed by atoms with Crippen molar-refractivity contribution in [2.75, 3.05) is 0 Å². The van der Waals surface area contributed by atoms with E-state index in [4.69, 9.17) is 5.11 Å². The van der Waals surface area contributed by atoms with Gasteiger partial charge in [0.1, 0.15) is 5.82 Å². The molecule has 1 aromatic rings. The molecule has 82 valence electrons. The molecule has 0 aliphatic carbocycles. The van der Waals surface area contributed by atoms with E-state index in [-0.39, 0.29) is 11.7 Å². The monoisotopic (exact) mass is 274 g/mol. The fourth-order valence-corrected chi connectivity index (χ4v) is 1.69. The Hall–Kier alpha value is -0.900. The minimum absolute atomic E-state index is 0.337. The van der Waals surface area contributed by atoms with Gasteiger partial charge in [-0.1, -0.05) is 35.8 Å². The maximum Gasteiger partial charge on any atom is 0.306 e. The van der Waals surface area contributed by atoms with E-state index in [1.165, 1.54) is 6.07 Å². The highest BCUT2D eigenvalue weighted by Crippen LogP contribution is 2.28. The number of rotatable bonds is 3. The molecule has 0 saturated carbocycles. The first-order valence-corrected chi connectivity index (χ1v) is 5.40. The lowest BCUT2D eigenvalue weighted by molar-refractivity contribution is -0.141. The van der Waals surface area contributed by atoms with Crippen LogP contribution in [0, 0.1) is 11.7 Å². The average Bonchev–Trinajstić information content (AvgIpc) is 2.15. The maximum atomic E-state index is 13.5. The second kappa shape index (κ2) is 4.75. The molecule has 0 aliphatic rings. The van der Waals surface area contributed by atoms with Gasteiger partial charge in [0.25, 0.3) is 0 Å². The summed E-state index contributed by atoms with van der Waals surface area (Å²) in [5.41, 5.74) is 0.438. The number of aliphatic carboxylic acids is 1. The van der Waals surface area contributed by atoms with Gasteiger partial charge in [0.2, 0.25) is 0 Å². The van der Waals surface area contributed by atoms with Gasteiger partial charge in [-0.25, -0.2) is 4.39 Å². The third-order valence-electron chi connectivity index (χ3n) is 2.59. The van der Waals surface area contributed by atoms with Crippen molar-refractivity contribution < 1.29 is 14.3 Å². The molecular weight excluding hydrogens is 263 g/mol. The van der Waals surface area contributed by atoms with E-state index in [0.29, 0.717) is 10.0 Å². The van der Waals surface area contributed by atoms with Crippen molar-refractivity contribution in [1.29, 1.82) is 0 Å². The van der Waals surface area contributed by atoms with Gasteiger partial charge in [0, 0.05) is 4.47 Å². The summed E-state index contributed by atoms with van der Waals surface area (Å²) in [6, 6.07) is 4.67. The summed E-state index contributed by atoms with van der Waals surface area (Å²) < 4.78 is 14.2. The molecular formula is C11H12BrFO2. The minimum Gasteiger partial charge on any atom is -0.481 e. The predicted molar refractivity (Wildman–Crippen MR) is 59.3 cm³/mol. The number of hydrogen-bond acceptors (Lipinski definition) is 1. The summed E-state index contributed by atoms with van der Waals surface area (Å²) in [4.78, 5) is 10.8. The highest BCUT2D eigenvalue weighted by Gasteiger charge is 2.23. The number of benzene rings is 1. The van der Waals surface area contributed by atoms with Crippen molar-refractivity contribution in [1.82, 2.24) is 0 Å². The molecule has 1 N–H and O–H groups in total. The van der Waals surface area contributed by atoms with Gasteiger partial charge in [-0.15, -0.1) is 0 Å². The SMILES string of the molecule is C[C@@H](C(=O)O)[C@@H](C)c1ccc(Br)cc1F. The number of carboxylic acids is 1. The van der Waals surface area contributed by atoms with E-state index in [1.807, 2.05) is 0 Å². The first-order valence-electron chi connectivity index (χ1n) is 4.61. The zero-order valence-electron chi connectivity index (χ0n) is 8.50. The van der Waals surface area contributed by atoms with E-state index >= 15 is 0 Å². The summed E-state index contributed by atoms with van der Waals surface area (Å²) in [5.74, 6) is -2.22. The molecule has 0 saturated heterocycles. The zero-order valence-corrected chi connectivity index (χ0v) is 10.1. The molecule has 0 radical (unpaired) electrons. The van der Waals surface area contributed by atoms with Crippen molar-refractivity contribution in [2.24, 2.45) is 5.92 Å².